The topological polar surface area (TPSA) is 67.2 Å². The molecule has 0 aliphatic carbocycles. The van der Waals surface area contributed by atoms with Crippen molar-refractivity contribution in [1.29, 1.82) is 0 Å². The van der Waals surface area contributed by atoms with Crippen molar-refractivity contribution in [3.8, 4) is 16.9 Å². The van der Waals surface area contributed by atoms with Crippen molar-refractivity contribution in [2.75, 3.05) is 18.4 Å². The van der Waals surface area contributed by atoms with Crippen LogP contribution in [0.2, 0.25) is 0 Å². The molecule has 1 heterocycles. The van der Waals surface area contributed by atoms with Crippen LogP contribution in [-0.2, 0) is 9.59 Å². The molecule has 1 unspecified atom stereocenters. The van der Waals surface area contributed by atoms with Gasteiger partial charge in [0.1, 0.15) is 11.2 Å². The number of unbranched alkanes of at least 4 members (excludes halogenated alkanes) is 1. The fourth-order valence-electron chi connectivity index (χ4n) is 3.33. The highest BCUT2D eigenvalue weighted by Gasteiger charge is 2.22. The number of aromatic nitrogens is 2. The van der Waals surface area contributed by atoms with E-state index >= 15 is 0 Å². The van der Waals surface area contributed by atoms with Crippen LogP contribution in [0.1, 0.15) is 32.3 Å². The maximum absolute atomic E-state index is 12.9. The van der Waals surface area contributed by atoms with Crippen molar-refractivity contribution in [3.05, 3.63) is 66.2 Å². The van der Waals surface area contributed by atoms with Gasteiger partial charge in [0.15, 0.2) is 0 Å². The van der Waals surface area contributed by atoms with Gasteiger partial charge in [-0.2, -0.15) is 5.10 Å². The molecule has 1 N–H and O–H groups in total. The Balaban J connectivity index is 1.88. The molecule has 0 spiro atoms. The normalized spacial score (nSPS) is 11.8. The molecular formula is C25H29ClN4O2. The molecule has 0 saturated heterocycles. The summed E-state index contributed by atoms with van der Waals surface area (Å²) in [4.78, 5) is 26.9. The Morgan fingerprint density at radius 2 is 1.81 bits per heavy atom. The van der Waals surface area contributed by atoms with Gasteiger partial charge in [0.2, 0.25) is 11.8 Å². The van der Waals surface area contributed by atoms with E-state index in [4.69, 9.17) is 16.7 Å². The van der Waals surface area contributed by atoms with Crippen molar-refractivity contribution in [1.82, 2.24) is 14.7 Å². The van der Waals surface area contributed by atoms with Gasteiger partial charge in [-0.1, -0.05) is 61.4 Å². The van der Waals surface area contributed by atoms with E-state index in [1.165, 1.54) is 4.90 Å². The monoisotopic (exact) mass is 452 g/mol. The minimum absolute atomic E-state index is 0.0599. The number of nitrogens with one attached hydrogen (secondary N) is 1. The minimum atomic E-state index is -0.678. The molecule has 1 aromatic heterocycles. The van der Waals surface area contributed by atoms with Crippen LogP contribution in [0.4, 0.5) is 5.82 Å². The summed E-state index contributed by atoms with van der Waals surface area (Å²) in [5, 5.41) is 6.99. The number of carbonyl (C=O) groups is 2. The van der Waals surface area contributed by atoms with Crippen LogP contribution in [-0.4, -0.2) is 45.0 Å². The highest BCUT2D eigenvalue weighted by molar-refractivity contribution is 6.30. The maximum atomic E-state index is 12.9. The Kier molecular flexibility index (Phi) is 8.06. The number of hydrogen-bond acceptors (Lipinski definition) is 3. The van der Waals surface area contributed by atoms with E-state index in [-0.39, 0.29) is 18.4 Å². The van der Waals surface area contributed by atoms with Gasteiger partial charge < -0.3 is 10.2 Å². The number of carbonyl (C=O) groups excluding carboxylic acids is 2. The molecule has 1 atom stereocenters. The van der Waals surface area contributed by atoms with Crippen molar-refractivity contribution >= 4 is 29.2 Å². The summed E-state index contributed by atoms with van der Waals surface area (Å²) in [6.07, 6.45) is 1.73. The first-order valence-corrected chi connectivity index (χ1v) is 11.3. The van der Waals surface area contributed by atoms with Gasteiger partial charge in [-0.05, 0) is 32.4 Å². The smallest absolute Gasteiger partial charge is 0.245 e. The molecule has 0 aliphatic heterocycles. The number of hydrogen-bond donors (Lipinski definition) is 1. The zero-order chi connectivity index (χ0) is 23.1. The fraction of sp³-hybridized carbons (Fsp3) is 0.320. The summed E-state index contributed by atoms with van der Waals surface area (Å²) in [6, 6.07) is 19.5. The van der Waals surface area contributed by atoms with Crippen LogP contribution in [0.5, 0.6) is 0 Å². The lowest BCUT2D eigenvalue weighted by molar-refractivity contribution is -0.134. The number of alkyl halides is 1. The number of benzene rings is 2. The number of amides is 2. The maximum Gasteiger partial charge on any atom is 0.245 e. The molecular weight excluding hydrogens is 424 g/mol. The first kappa shape index (κ1) is 23.5. The second kappa shape index (κ2) is 11.0. The predicted molar refractivity (Wildman–Crippen MR) is 129 cm³/mol. The Hall–Kier alpha value is -3.12. The van der Waals surface area contributed by atoms with Crippen LogP contribution in [0.15, 0.2) is 60.7 Å². The third-order valence-corrected chi connectivity index (χ3v) is 5.28. The molecule has 3 rings (SSSR count). The van der Waals surface area contributed by atoms with Crippen LogP contribution < -0.4 is 5.32 Å². The minimum Gasteiger partial charge on any atom is -0.332 e. The molecule has 2 amide bonds. The molecule has 0 bridgehead atoms. The zero-order valence-corrected chi connectivity index (χ0v) is 19.5. The third-order valence-electron chi connectivity index (χ3n) is 5.09. The second-order valence-corrected chi connectivity index (χ2v) is 8.46. The molecule has 0 aliphatic rings. The van der Waals surface area contributed by atoms with Crippen LogP contribution in [0, 0.1) is 6.92 Å². The predicted octanol–water partition coefficient (Wildman–Crippen LogP) is 5.04. The van der Waals surface area contributed by atoms with Gasteiger partial charge in [0.25, 0.3) is 0 Å². The molecule has 7 heteroatoms. The number of rotatable bonds is 9. The Morgan fingerprint density at radius 3 is 2.44 bits per heavy atom. The molecule has 2 aromatic carbocycles. The number of halogens is 1. The summed E-state index contributed by atoms with van der Waals surface area (Å²) in [7, 11) is 0. The van der Waals surface area contributed by atoms with Crippen LogP contribution >= 0.6 is 11.6 Å². The van der Waals surface area contributed by atoms with Crippen molar-refractivity contribution in [2.45, 2.75) is 39.0 Å². The van der Waals surface area contributed by atoms with Crippen LogP contribution in [0.25, 0.3) is 16.9 Å². The summed E-state index contributed by atoms with van der Waals surface area (Å²) in [5.74, 6) is 0.00597. The van der Waals surface area contributed by atoms with Gasteiger partial charge in [-0.3, -0.25) is 9.59 Å². The van der Waals surface area contributed by atoms with Gasteiger partial charge in [-0.25, -0.2) is 4.68 Å². The Morgan fingerprint density at radius 1 is 1.12 bits per heavy atom. The first-order chi connectivity index (χ1) is 15.4. The summed E-state index contributed by atoms with van der Waals surface area (Å²) in [5.41, 5.74) is 3.66. The number of nitrogens with zero attached hydrogens (tertiary/aromatic N) is 3. The van der Waals surface area contributed by atoms with Crippen LogP contribution in [0.3, 0.4) is 0 Å². The van der Waals surface area contributed by atoms with E-state index < -0.39 is 5.38 Å². The van der Waals surface area contributed by atoms with Crippen molar-refractivity contribution in [3.63, 3.8) is 0 Å². The SMILES string of the molecule is CCCCN(CC(=O)Nc1cc(-c2ccccc2)nn1-c1ccc(C)cc1)C(=O)C(C)Cl. The Labute approximate surface area is 194 Å². The van der Waals surface area contributed by atoms with Gasteiger partial charge >= 0.3 is 0 Å². The molecule has 3 aromatic rings. The molecule has 168 valence electrons. The number of anilines is 1. The average molecular weight is 453 g/mol. The highest BCUT2D eigenvalue weighted by atomic mass is 35.5. The van der Waals surface area contributed by atoms with E-state index in [1.807, 2.05) is 74.5 Å². The lowest BCUT2D eigenvalue weighted by atomic mass is 10.1. The molecule has 0 fully saturated rings. The van der Waals surface area contributed by atoms with E-state index in [0.29, 0.717) is 12.4 Å². The van der Waals surface area contributed by atoms with Gasteiger partial charge in [-0.15, -0.1) is 11.6 Å². The second-order valence-electron chi connectivity index (χ2n) is 7.81. The summed E-state index contributed by atoms with van der Waals surface area (Å²) >= 11 is 6.00. The van der Waals surface area contributed by atoms with Gasteiger partial charge in [0.05, 0.1) is 17.9 Å². The van der Waals surface area contributed by atoms with Crippen molar-refractivity contribution < 1.29 is 9.59 Å². The molecule has 0 radical (unpaired) electrons. The molecule has 0 saturated carbocycles. The fourth-order valence-corrected chi connectivity index (χ4v) is 3.46. The lowest BCUT2D eigenvalue weighted by Gasteiger charge is -2.23. The lowest BCUT2D eigenvalue weighted by Crippen LogP contribution is -2.41. The summed E-state index contributed by atoms with van der Waals surface area (Å²) < 4.78 is 1.71. The van der Waals surface area contributed by atoms with Crippen molar-refractivity contribution in [2.24, 2.45) is 0 Å². The first-order valence-electron chi connectivity index (χ1n) is 10.8. The van der Waals surface area contributed by atoms with E-state index in [2.05, 4.69) is 5.32 Å². The van der Waals surface area contributed by atoms with E-state index in [9.17, 15) is 9.59 Å². The quantitative estimate of drug-likeness (QED) is 0.462. The average Bonchev–Trinajstić information content (AvgIpc) is 3.20. The highest BCUT2D eigenvalue weighted by Crippen LogP contribution is 2.25. The summed E-state index contributed by atoms with van der Waals surface area (Å²) in [6.45, 7) is 6.12. The Bertz CT molecular complexity index is 1050. The molecule has 6 nitrogen and oxygen atoms in total. The standard InChI is InChI=1S/C25H29ClN4O2/c1-4-5-15-29(25(32)19(3)26)17-24(31)27-23-16-22(20-9-7-6-8-10-20)28-30(23)21-13-11-18(2)12-14-21/h6-14,16,19H,4-5,15,17H2,1-3H3,(H,27,31). The zero-order valence-electron chi connectivity index (χ0n) is 18.7. The third kappa shape index (κ3) is 5.98. The van der Waals surface area contributed by atoms with E-state index in [0.717, 1.165) is 35.3 Å². The number of aryl methyl sites for hydroxylation is 1. The largest absolute Gasteiger partial charge is 0.332 e. The molecule has 32 heavy (non-hydrogen) atoms. The van der Waals surface area contributed by atoms with E-state index in [1.54, 1.807) is 11.6 Å². The van der Waals surface area contributed by atoms with Gasteiger partial charge in [0, 0.05) is 18.2 Å².